The molecule has 1 amide bonds. The third-order valence-electron chi connectivity index (χ3n) is 4.82. The number of piperidine rings is 1. The molecule has 4 rings (SSSR count). The Morgan fingerprint density at radius 2 is 1.90 bits per heavy atom. The fraction of sp³-hybridized carbons (Fsp3) is 0.438. The molecule has 2 aliphatic rings. The molecule has 2 fully saturated rings. The number of aromatic amines is 1. The van der Waals surface area contributed by atoms with E-state index in [1.807, 2.05) is 30.5 Å². The Labute approximate surface area is 117 Å². The molecule has 104 valence electrons. The third kappa shape index (κ3) is 1.68. The van der Waals surface area contributed by atoms with Gasteiger partial charge in [0.05, 0.1) is 5.56 Å². The van der Waals surface area contributed by atoms with Crippen LogP contribution in [-0.2, 0) is 0 Å². The first-order valence-electron chi connectivity index (χ1n) is 7.38. The van der Waals surface area contributed by atoms with Crippen molar-refractivity contribution in [2.75, 3.05) is 0 Å². The molecule has 0 saturated carbocycles. The third-order valence-corrected chi connectivity index (χ3v) is 4.82. The van der Waals surface area contributed by atoms with Gasteiger partial charge in [-0.25, -0.2) is 0 Å². The summed E-state index contributed by atoms with van der Waals surface area (Å²) in [6.07, 6.45) is 5.95. The highest BCUT2D eigenvalue weighted by Gasteiger charge is 2.42. The van der Waals surface area contributed by atoms with Crippen molar-refractivity contribution in [3.8, 4) is 0 Å². The average molecular weight is 269 g/mol. The zero-order chi connectivity index (χ0) is 13.7. The highest BCUT2D eigenvalue weighted by atomic mass is 16.2. The van der Waals surface area contributed by atoms with Gasteiger partial charge < -0.3 is 15.6 Å². The monoisotopic (exact) mass is 269 g/mol. The molecule has 1 aromatic heterocycles. The number of nitrogens with zero attached hydrogens (tertiary/aromatic N) is 1. The van der Waals surface area contributed by atoms with Crippen LogP contribution in [0.1, 0.15) is 36.0 Å². The first-order valence-corrected chi connectivity index (χ1v) is 7.38. The molecule has 0 spiro atoms. The van der Waals surface area contributed by atoms with Gasteiger partial charge in [0, 0.05) is 35.2 Å². The molecule has 2 aliphatic heterocycles. The molecule has 2 unspecified atom stereocenters. The van der Waals surface area contributed by atoms with Crippen LogP contribution >= 0.6 is 0 Å². The molecule has 2 bridgehead atoms. The van der Waals surface area contributed by atoms with Gasteiger partial charge in [-0.05, 0) is 31.7 Å². The number of hydrogen-bond acceptors (Lipinski definition) is 2. The molecular weight excluding hydrogens is 250 g/mol. The van der Waals surface area contributed by atoms with E-state index < -0.39 is 0 Å². The van der Waals surface area contributed by atoms with Crippen LogP contribution < -0.4 is 5.73 Å². The second-order valence-electron chi connectivity index (χ2n) is 6.08. The number of aromatic nitrogens is 1. The fourth-order valence-electron chi connectivity index (χ4n) is 3.94. The van der Waals surface area contributed by atoms with E-state index >= 15 is 0 Å². The lowest BCUT2D eigenvalue weighted by atomic mass is 9.97. The second-order valence-corrected chi connectivity index (χ2v) is 6.08. The molecule has 4 heteroatoms. The van der Waals surface area contributed by atoms with Gasteiger partial charge in [-0.1, -0.05) is 18.2 Å². The topological polar surface area (TPSA) is 62.1 Å². The van der Waals surface area contributed by atoms with Crippen LogP contribution in [0.3, 0.4) is 0 Å². The summed E-state index contributed by atoms with van der Waals surface area (Å²) in [5.41, 5.74) is 7.91. The van der Waals surface area contributed by atoms with Crippen molar-refractivity contribution < 1.29 is 4.79 Å². The largest absolute Gasteiger partial charge is 0.360 e. The molecule has 20 heavy (non-hydrogen) atoms. The van der Waals surface area contributed by atoms with Gasteiger partial charge in [0.2, 0.25) is 0 Å². The summed E-state index contributed by atoms with van der Waals surface area (Å²) >= 11 is 0. The number of nitrogens with two attached hydrogens (primary N) is 1. The van der Waals surface area contributed by atoms with Crippen LogP contribution in [0.5, 0.6) is 0 Å². The summed E-state index contributed by atoms with van der Waals surface area (Å²) in [4.78, 5) is 18.2. The van der Waals surface area contributed by atoms with Gasteiger partial charge >= 0.3 is 0 Å². The number of carbonyl (C=O) groups excluding carboxylic acids is 1. The van der Waals surface area contributed by atoms with E-state index in [1.165, 1.54) is 0 Å². The van der Waals surface area contributed by atoms with Crippen LogP contribution in [-0.4, -0.2) is 33.9 Å². The smallest absolute Gasteiger partial charge is 0.256 e. The maximum Gasteiger partial charge on any atom is 0.256 e. The number of carbonyl (C=O) groups is 1. The van der Waals surface area contributed by atoms with Crippen molar-refractivity contribution in [1.29, 1.82) is 0 Å². The lowest BCUT2D eigenvalue weighted by Crippen LogP contribution is -2.50. The second kappa shape index (κ2) is 4.35. The van der Waals surface area contributed by atoms with Crippen LogP contribution in [0, 0.1) is 0 Å². The van der Waals surface area contributed by atoms with Crippen LogP contribution in [0.2, 0.25) is 0 Å². The molecule has 0 radical (unpaired) electrons. The molecule has 3 N–H and O–H groups in total. The summed E-state index contributed by atoms with van der Waals surface area (Å²) in [5, 5.41) is 1.02. The van der Waals surface area contributed by atoms with E-state index in [1.54, 1.807) is 0 Å². The Morgan fingerprint density at radius 3 is 2.65 bits per heavy atom. The van der Waals surface area contributed by atoms with Crippen LogP contribution in [0.15, 0.2) is 30.5 Å². The number of para-hydroxylation sites is 1. The Morgan fingerprint density at radius 1 is 1.20 bits per heavy atom. The first-order chi connectivity index (χ1) is 9.74. The zero-order valence-corrected chi connectivity index (χ0v) is 11.4. The molecule has 1 aromatic carbocycles. The van der Waals surface area contributed by atoms with E-state index in [2.05, 4.69) is 9.88 Å². The van der Waals surface area contributed by atoms with Gasteiger partial charge in [0.15, 0.2) is 0 Å². The number of benzene rings is 1. The minimum absolute atomic E-state index is 0.168. The van der Waals surface area contributed by atoms with Crippen molar-refractivity contribution >= 4 is 16.8 Å². The Bertz CT molecular complexity index is 649. The van der Waals surface area contributed by atoms with E-state index in [0.717, 1.165) is 42.1 Å². The molecule has 2 aromatic rings. The molecule has 2 atom stereocenters. The number of nitrogens with one attached hydrogen (secondary N) is 1. The lowest BCUT2D eigenvalue weighted by molar-refractivity contribution is 0.0577. The van der Waals surface area contributed by atoms with Crippen LogP contribution in [0.4, 0.5) is 0 Å². The molecule has 0 aliphatic carbocycles. The number of H-pyrrole nitrogens is 1. The van der Waals surface area contributed by atoms with Gasteiger partial charge in [-0.3, -0.25) is 4.79 Å². The van der Waals surface area contributed by atoms with Crippen molar-refractivity contribution in [3.63, 3.8) is 0 Å². The van der Waals surface area contributed by atoms with Gasteiger partial charge in [0.25, 0.3) is 5.91 Å². The molecular formula is C16H19N3O. The normalized spacial score (nSPS) is 29.1. The van der Waals surface area contributed by atoms with Crippen molar-refractivity contribution in [3.05, 3.63) is 36.0 Å². The highest BCUT2D eigenvalue weighted by molar-refractivity contribution is 6.07. The van der Waals surface area contributed by atoms with E-state index in [9.17, 15) is 4.79 Å². The maximum absolute atomic E-state index is 12.9. The standard InChI is InChI=1S/C16H19N3O/c17-10-7-11-5-6-12(8-10)19(11)16(20)14-9-18-15-4-2-1-3-13(14)15/h1-4,9-12,18H,5-8,17H2. The summed E-state index contributed by atoms with van der Waals surface area (Å²) < 4.78 is 0. The molecule has 2 saturated heterocycles. The predicted molar refractivity (Wildman–Crippen MR) is 78.5 cm³/mol. The average Bonchev–Trinajstić information content (AvgIpc) is 2.98. The Balaban J connectivity index is 1.71. The Hall–Kier alpha value is -1.81. The number of rotatable bonds is 1. The van der Waals surface area contributed by atoms with E-state index in [0.29, 0.717) is 12.1 Å². The summed E-state index contributed by atoms with van der Waals surface area (Å²) in [6.45, 7) is 0. The maximum atomic E-state index is 12.9. The number of hydrogen-bond donors (Lipinski definition) is 2. The molecule has 3 heterocycles. The zero-order valence-electron chi connectivity index (χ0n) is 11.4. The molecule has 4 nitrogen and oxygen atoms in total. The number of amides is 1. The summed E-state index contributed by atoms with van der Waals surface area (Å²) in [6, 6.07) is 8.92. The minimum Gasteiger partial charge on any atom is -0.360 e. The van der Waals surface area contributed by atoms with E-state index in [-0.39, 0.29) is 11.9 Å². The van der Waals surface area contributed by atoms with Gasteiger partial charge in [-0.2, -0.15) is 0 Å². The van der Waals surface area contributed by atoms with Gasteiger partial charge in [-0.15, -0.1) is 0 Å². The van der Waals surface area contributed by atoms with Crippen molar-refractivity contribution in [1.82, 2.24) is 9.88 Å². The predicted octanol–water partition coefficient (Wildman–Crippen LogP) is 2.26. The van der Waals surface area contributed by atoms with Crippen molar-refractivity contribution in [2.45, 2.75) is 43.8 Å². The number of fused-ring (bicyclic) bond motifs is 3. The van der Waals surface area contributed by atoms with Crippen molar-refractivity contribution in [2.24, 2.45) is 5.73 Å². The quantitative estimate of drug-likeness (QED) is 0.834. The Kier molecular flexibility index (Phi) is 2.60. The van der Waals surface area contributed by atoms with E-state index in [4.69, 9.17) is 5.73 Å². The SMILES string of the molecule is NC1CC2CCC(C1)N2C(=O)c1c[nH]c2ccccc12. The summed E-state index contributed by atoms with van der Waals surface area (Å²) in [5.74, 6) is 0.168. The first kappa shape index (κ1) is 12.0. The minimum atomic E-state index is 0.168. The summed E-state index contributed by atoms with van der Waals surface area (Å²) in [7, 11) is 0. The van der Waals surface area contributed by atoms with Crippen LogP contribution in [0.25, 0.3) is 10.9 Å². The highest BCUT2D eigenvalue weighted by Crippen LogP contribution is 2.36. The van der Waals surface area contributed by atoms with Gasteiger partial charge in [0.1, 0.15) is 0 Å². The lowest BCUT2D eigenvalue weighted by Gasteiger charge is -2.37. The fourth-order valence-corrected chi connectivity index (χ4v) is 3.94.